The molecular weight excluding hydrogens is 286 g/mol. The van der Waals surface area contributed by atoms with Gasteiger partial charge < -0.3 is 10.4 Å². The number of nitrogens with zero attached hydrogens (tertiary/aromatic N) is 2. The molecule has 0 saturated carbocycles. The molecule has 0 unspecified atom stereocenters. The van der Waals surface area contributed by atoms with E-state index < -0.39 is 5.97 Å². The molecule has 0 atom stereocenters. The van der Waals surface area contributed by atoms with Crippen molar-refractivity contribution >= 4 is 34.7 Å². The molecule has 0 aliphatic heterocycles. The first-order chi connectivity index (χ1) is 9.08. The van der Waals surface area contributed by atoms with Gasteiger partial charge in [-0.3, -0.25) is 0 Å². The lowest BCUT2D eigenvalue weighted by Gasteiger charge is -2.07. The predicted molar refractivity (Wildman–Crippen MR) is 75.3 cm³/mol. The summed E-state index contributed by atoms with van der Waals surface area (Å²) in [6.45, 7) is 2.55. The predicted octanol–water partition coefficient (Wildman–Crippen LogP) is 2.85. The Kier molecular flexibility index (Phi) is 4.34. The summed E-state index contributed by atoms with van der Waals surface area (Å²) < 4.78 is 0. The Hall–Kier alpha value is -1.66. The van der Waals surface area contributed by atoms with Gasteiger partial charge in [0.05, 0.1) is 21.3 Å². The van der Waals surface area contributed by atoms with Crippen molar-refractivity contribution in [2.45, 2.75) is 13.3 Å². The Balaban J connectivity index is 2.00. The van der Waals surface area contributed by atoms with Crippen molar-refractivity contribution in [3.63, 3.8) is 0 Å². The molecular formula is C12H12ClN3O2S. The fourth-order valence-corrected chi connectivity index (χ4v) is 2.47. The summed E-state index contributed by atoms with van der Waals surface area (Å²) in [6, 6.07) is 1.37. The maximum absolute atomic E-state index is 10.9. The van der Waals surface area contributed by atoms with Crippen LogP contribution in [-0.2, 0) is 6.42 Å². The first kappa shape index (κ1) is 13.8. The number of nitrogens with one attached hydrogen (secondary N) is 1. The Bertz CT molecular complexity index is 600. The number of hydrogen-bond donors (Lipinski definition) is 2. The SMILES string of the molecule is Cc1nc(CCNc2nccc(C(=O)O)c2Cl)cs1. The second kappa shape index (κ2) is 5.99. The van der Waals surface area contributed by atoms with E-state index in [2.05, 4.69) is 15.3 Å². The van der Waals surface area contributed by atoms with Gasteiger partial charge >= 0.3 is 5.97 Å². The maximum Gasteiger partial charge on any atom is 0.337 e. The number of hydrogen-bond acceptors (Lipinski definition) is 5. The molecule has 0 bridgehead atoms. The van der Waals surface area contributed by atoms with Gasteiger partial charge in [0.1, 0.15) is 5.82 Å². The van der Waals surface area contributed by atoms with Crippen molar-refractivity contribution in [2.75, 3.05) is 11.9 Å². The molecule has 0 fully saturated rings. The Morgan fingerprint density at radius 2 is 2.37 bits per heavy atom. The van der Waals surface area contributed by atoms with E-state index in [-0.39, 0.29) is 10.6 Å². The van der Waals surface area contributed by atoms with Crippen molar-refractivity contribution in [1.29, 1.82) is 0 Å². The number of thiazole rings is 1. The van der Waals surface area contributed by atoms with Crippen LogP contribution in [0.15, 0.2) is 17.6 Å². The molecule has 19 heavy (non-hydrogen) atoms. The maximum atomic E-state index is 10.9. The molecule has 0 amide bonds. The molecule has 0 radical (unpaired) electrons. The summed E-state index contributed by atoms with van der Waals surface area (Å²) in [5.41, 5.74) is 1.05. The average Bonchev–Trinajstić information content (AvgIpc) is 2.77. The van der Waals surface area contributed by atoms with Gasteiger partial charge in [0.2, 0.25) is 0 Å². The first-order valence-corrected chi connectivity index (χ1v) is 6.86. The quantitative estimate of drug-likeness (QED) is 0.887. The lowest BCUT2D eigenvalue weighted by molar-refractivity contribution is 0.0697. The molecule has 0 aliphatic rings. The number of pyridine rings is 1. The lowest BCUT2D eigenvalue weighted by atomic mass is 10.2. The van der Waals surface area contributed by atoms with E-state index in [4.69, 9.17) is 16.7 Å². The zero-order valence-electron chi connectivity index (χ0n) is 10.2. The van der Waals surface area contributed by atoms with Crippen LogP contribution in [-0.4, -0.2) is 27.6 Å². The van der Waals surface area contributed by atoms with Crippen LogP contribution in [0.25, 0.3) is 0 Å². The first-order valence-electron chi connectivity index (χ1n) is 5.60. The van der Waals surface area contributed by atoms with Crippen LogP contribution in [0.5, 0.6) is 0 Å². The Labute approximate surface area is 119 Å². The molecule has 0 aromatic carbocycles. The molecule has 2 heterocycles. The summed E-state index contributed by atoms with van der Waals surface area (Å²) in [5.74, 6) is -0.681. The molecule has 0 aliphatic carbocycles. The minimum absolute atomic E-state index is 0.0451. The highest BCUT2D eigenvalue weighted by atomic mass is 35.5. The summed E-state index contributed by atoms with van der Waals surface area (Å²) in [4.78, 5) is 19.3. The third-order valence-electron chi connectivity index (χ3n) is 2.46. The number of carboxylic acid groups (broad SMARTS) is 1. The fourth-order valence-electron chi connectivity index (χ4n) is 1.56. The number of halogens is 1. The highest BCUT2D eigenvalue weighted by molar-refractivity contribution is 7.09. The molecule has 0 saturated heterocycles. The third kappa shape index (κ3) is 3.42. The van der Waals surface area contributed by atoms with E-state index in [1.54, 1.807) is 11.3 Å². The molecule has 2 aromatic heterocycles. The smallest absolute Gasteiger partial charge is 0.337 e. The summed E-state index contributed by atoms with van der Waals surface area (Å²) in [6.07, 6.45) is 2.16. The van der Waals surface area contributed by atoms with Crippen LogP contribution in [0.1, 0.15) is 21.1 Å². The van der Waals surface area contributed by atoms with E-state index in [0.717, 1.165) is 17.1 Å². The minimum Gasteiger partial charge on any atom is -0.478 e. The Morgan fingerprint density at radius 3 is 3.00 bits per heavy atom. The number of aromatic carboxylic acids is 1. The van der Waals surface area contributed by atoms with E-state index in [9.17, 15) is 4.79 Å². The molecule has 2 aromatic rings. The highest BCUT2D eigenvalue weighted by Gasteiger charge is 2.12. The van der Waals surface area contributed by atoms with Gasteiger partial charge in [-0.2, -0.15) is 0 Å². The number of carbonyl (C=O) groups is 1. The van der Waals surface area contributed by atoms with Crippen LogP contribution in [0.3, 0.4) is 0 Å². The van der Waals surface area contributed by atoms with Crippen molar-refractivity contribution < 1.29 is 9.90 Å². The van der Waals surface area contributed by atoms with Crippen molar-refractivity contribution in [3.05, 3.63) is 38.9 Å². The van der Waals surface area contributed by atoms with Gasteiger partial charge in [0.25, 0.3) is 0 Å². The summed E-state index contributed by atoms with van der Waals surface area (Å²) in [7, 11) is 0. The van der Waals surface area contributed by atoms with Crippen LogP contribution >= 0.6 is 22.9 Å². The molecule has 2 rings (SSSR count). The van der Waals surface area contributed by atoms with Crippen LogP contribution in [0.2, 0.25) is 5.02 Å². The molecule has 5 nitrogen and oxygen atoms in total. The van der Waals surface area contributed by atoms with Gasteiger partial charge in [-0.25, -0.2) is 14.8 Å². The number of rotatable bonds is 5. The van der Waals surface area contributed by atoms with Crippen molar-refractivity contribution in [1.82, 2.24) is 9.97 Å². The topological polar surface area (TPSA) is 75.1 Å². The van der Waals surface area contributed by atoms with E-state index >= 15 is 0 Å². The van der Waals surface area contributed by atoms with Gasteiger partial charge in [-0.1, -0.05) is 11.6 Å². The minimum atomic E-state index is -1.06. The number of carboxylic acids is 1. The largest absolute Gasteiger partial charge is 0.478 e. The summed E-state index contributed by atoms with van der Waals surface area (Å²) >= 11 is 7.57. The van der Waals surface area contributed by atoms with Gasteiger partial charge in [-0.05, 0) is 13.0 Å². The number of aromatic nitrogens is 2. The van der Waals surface area contributed by atoms with E-state index in [0.29, 0.717) is 12.4 Å². The van der Waals surface area contributed by atoms with Gasteiger partial charge in [0.15, 0.2) is 0 Å². The Morgan fingerprint density at radius 1 is 1.58 bits per heavy atom. The monoisotopic (exact) mass is 297 g/mol. The van der Waals surface area contributed by atoms with E-state index in [1.807, 2.05) is 12.3 Å². The highest BCUT2D eigenvalue weighted by Crippen LogP contribution is 2.23. The second-order valence-electron chi connectivity index (χ2n) is 3.86. The normalized spacial score (nSPS) is 10.4. The van der Waals surface area contributed by atoms with Crippen LogP contribution < -0.4 is 5.32 Å². The van der Waals surface area contributed by atoms with Crippen molar-refractivity contribution in [2.24, 2.45) is 0 Å². The van der Waals surface area contributed by atoms with E-state index in [1.165, 1.54) is 12.3 Å². The fraction of sp³-hybridized carbons (Fsp3) is 0.250. The lowest BCUT2D eigenvalue weighted by Crippen LogP contribution is -2.09. The third-order valence-corrected chi connectivity index (χ3v) is 3.66. The second-order valence-corrected chi connectivity index (χ2v) is 5.30. The zero-order valence-corrected chi connectivity index (χ0v) is 11.8. The number of aryl methyl sites for hydroxylation is 1. The van der Waals surface area contributed by atoms with Crippen LogP contribution in [0.4, 0.5) is 5.82 Å². The van der Waals surface area contributed by atoms with Gasteiger partial charge in [-0.15, -0.1) is 11.3 Å². The standard InChI is InChI=1S/C12H12ClN3O2S/c1-7-16-8(6-19-7)2-4-14-11-10(13)9(12(17)18)3-5-15-11/h3,5-6H,2,4H2,1H3,(H,14,15)(H,17,18). The molecule has 0 spiro atoms. The molecule has 2 N–H and O–H groups in total. The molecule has 100 valence electrons. The zero-order chi connectivity index (χ0) is 13.8. The average molecular weight is 298 g/mol. The van der Waals surface area contributed by atoms with Gasteiger partial charge in [0, 0.05) is 24.5 Å². The van der Waals surface area contributed by atoms with Crippen molar-refractivity contribution in [3.8, 4) is 0 Å². The summed E-state index contributed by atoms with van der Waals surface area (Å²) in [5, 5.41) is 15.1. The molecule has 7 heteroatoms. The van der Waals surface area contributed by atoms with Crippen LogP contribution in [0, 0.1) is 6.92 Å². The number of anilines is 1.